The Labute approximate surface area is 147 Å². The van der Waals surface area contributed by atoms with E-state index in [1.165, 1.54) is 0 Å². The van der Waals surface area contributed by atoms with Gasteiger partial charge >= 0.3 is 7.40 Å². The highest BCUT2D eigenvalue weighted by atomic mass is 19.2. The molecule has 25 heavy (non-hydrogen) atoms. The predicted molar refractivity (Wildman–Crippen MR) is 99.0 cm³/mol. The molecule has 0 spiro atoms. The molecule has 3 rings (SSSR count). The number of nitrogens with zero attached hydrogens (tertiary/aromatic N) is 3. The number of aliphatic imine (C=N–C) groups is 1. The molecule has 2 aromatic rings. The smallest absolute Gasteiger partial charge is 0.329 e. The second kappa shape index (κ2) is 6.79. The summed E-state index contributed by atoms with van der Waals surface area (Å²) < 4.78 is 28.6. The lowest BCUT2D eigenvalue weighted by Gasteiger charge is -2.16. The van der Waals surface area contributed by atoms with Crippen LogP contribution in [-0.2, 0) is 6.42 Å². The molecule has 0 unspecified atom stereocenters. The third-order valence-corrected chi connectivity index (χ3v) is 4.40. The van der Waals surface area contributed by atoms with Crippen LogP contribution in [0.4, 0.5) is 8.63 Å². The molecule has 0 amide bonds. The molecule has 0 saturated carbocycles. The zero-order chi connectivity index (χ0) is 18.1. The highest BCUT2D eigenvalue weighted by Gasteiger charge is 2.28. The summed E-state index contributed by atoms with van der Waals surface area (Å²) >= 11 is 0. The molecule has 3 nitrogen and oxygen atoms in total. The molecule has 1 aliphatic rings. The largest absolute Gasteiger partial charge is 0.677 e. The highest BCUT2D eigenvalue weighted by Crippen LogP contribution is 2.34. The van der Waals surface area contributed by atoms with Gasteiger partial charge in [0.1, 0.15) is 0 Å². The molecule has 0 bridgehead atoms. The van der Waals surface area contributed by atoms with E-state index < -0.39 is 7.40 Å². The topological polar surface area (TPSA) is 30.2 Å². The summed E-state index contributed by atoms with van der Waals surface area (Å²) in [5, 5.41) is 0. The van der Waals surface area contributed by atoms with Crippen molar-refractivity contribution in [3.05, 3.63) is 70.5 Å². The van der Waals surface area contributed by atoms with Gasteiger partial charge in [0.15, 0.2) is 0 Å². The average molecular weight is 339 g/mol. The molecule has 6 heteroatoms. The van der Waals surface area contributed by atoms with Crippen LogP contribution in [0.25, 0.3) is 5.57 Å². The minimum atomic E-state index is -2.59. The summed E-state index contributed by atoms with van der Waals surface area (Å²) in [6, 6.07) is 5.62. The van der Waals surface area contributed by atoms with Crippen molar-refractivity contribution in [2.45, 2.75) is 34.1 Å². The second-order valence-electron chi connectivity index (χ2n) is 6.40. The third-order valence-electron chi connectivity index (χ3n) is 4.40. The quantitative estimate of drug-likeness (QED) is 0.746. The molecule has 0 aliphatic carbocycles. The second-order valence-corrected chi connectivity index (χ2v) is 6.40. The fraction of sp³-hybridized carbons (Fsp3) is 0.263. The van der Waals surface area contributed by atoms with Crippen LogP contribution < -0.4 is 0 Å². The zero-order valence-corrected chi connectivity index (χ0v) is 14.8. The maximum atomic E-state index is 13.7. The van der Waals surface area contributed by atoms with Crippen molar-refractivity contribution < 1.29 is 8.63 Å². The van der Waals surface area contributed by atoms with Crippen LogP contribution in [0, 0.1) is 13.8 Å². The molecule has 0 radical (unpaired) electrons. The van der Waals surface area contributed by atoms with Gasteiger partial charge < -0.3 is 4.48 Å². The molecule has 2 aromatic heterocycles. The molecule has 0 N–H and O–H groups in total. The maximum absolute atomic E-state index is 13.7. The SMILES string of the molecule is CC1=CC(C)=N/C1=C(\Cc1ccncc1)c1c(C)cc(C)n1B(F)F. The van der Waals surface area contributed by atoms with Crippen LogP contribution in [0.15, 0.2) is 52.9 Å². The van der Waals surface area contributed by atoms with Crippen LogP contribution in [-0.4, -0.2) is 22.6 Å². The van der Waals surface area contributed by atoms with Crippen molar-refractivity contribution in [3.8, 4) is 0 Å². The molecule has 0 saturated heterocycles. The number of pyridine rings is 1. The molecule has 1 aliphatic heterocycles. The van der Waals surface area contributed by atoms with E-state index in [2.05, 4.69) is 9.98 Å². The Morgan fingerprint density at radius 2 is 1.80 bits per heavy atom. The van der Waals surface area contributed by atoms with Gasteiger partial charge in [-0.3, -0.25) is 18.6 Å². The number of aromatic nitrogens is 2. The summed E-state index contributed by atoms with van der Waals surface area (Å²) in [4.78, 5) is 8.66. The van der Waals surface area contributed by atoms with E-state index in [0.29, 0.717) is 17.8 Å². The fourth-order valence-corrected chi connectivity index (χ4v) is 3.42. The molecule has 3 heterocycles. The summed E-state index contributed by atoms with van der Waals surface area (Å²) in [5.41, 5.74) is 6.47. The van der Waals surface area contributed by atoms with Gasteiger partial charge in [-0.15, -0.1) is 0 Å². The Kier molecular flexibility index (Phi) is 4.70. The Bertz CT molecular complexity index is 893. The predicted octanol–water partition coefficient (Wildman–Crippen LogP) is 4.65. The minimum Gasteiger partial charge on any atom is -0.329 e. The van der Waals surface area contributed by atoms with Gasteiger partial charge in [-0.2, -0.15) is 0 Å². The number of hydrogen-bond donors (Lipinski definition) is 0. The highest BCUT2D eigenvalue weighted by molar-refractivity contribution is 6.41. The average Bonchev–Trinajstić information content (AvgIpc) is 3.04. The Morgan fingerprint density at radius 1 is 1.12 bits per heavy atom. The number of halogens is 2. The minimum absolute atomic E-state index is 0.525. The van der Waals surface area contributed by atoms with Gasteiger partial charge in [0.25, 0.3) is 0 Å². The van der Waals surface area contributed by atoms with Crippen LogP contribution >= 0.6 is 0 Å². The third kappa shape index (κ3) is 3.34. The molecular weight excluding hydrogens is 319 g/mol. The summed E-state index contributed by atoms with van der Waals surface area (Å²) in [6.07, 6.45) is 5.94. The van der Waals surface area contributed by atoms with Crippen LogP contribution in [0.2, 0.25) is 0 Å². The van der Waals surface area contributed by atoms with Gasteiger partial charge in [0.2, 0.25) is 0 Å². The van der Waals surface area contributed by atoms with E-state index >= 15 is 0 Å². The number of allylic oxidation sites excluding steroid dienone is 3. The first-order chi connectivity index (χ1) is 11.9. The van der Waals surface area contributed by atoms with Gasteiger partial charge in [0, 0.05) is 41.5 Å². The van der Waals surface area contributed by atoms with Gasteiger partial charge in [0.05, 0.1) is 5.70 Å². The lowest BCUT2D eigenvalue weighted by molar-refractivity contribution is 0.623. The summed E-state index contributed by atoms with van der Waals surface area (Å²) in [7, 11) is -2.59. The van der Waals surface area contributed by atoms with Crippen LogP contribution in [0.5, 0.6) is 0 Å². The van der Waals surface area contributed by atoms with E-state index in [1.54, 1.807) is 25.4 Å². The van der Waals surface area contributed by atoms with Gasteiger partial charge in [-0.1, -0.05) is 0 Å². The summed E-state index contributed by atoms with van der Waals surface area (Å²) in [5.74, 6) is 0. The number of hydrogen-bond acceptors (Lipinski definition) is 2. The van der Waals surface area contributed by atoms with Crippen LogP contribution in [0.1, 0.15) is 36.4 Å². The van der Waals surface area contributed by atoms with Crippen molar-refractivity contribution >= 4 is 18.7 Å². The van der Waals surface area contributed by atoms with Crippen molar-refractivity contribution in [3.63, 3.8) is 0 Å². The molecular formula is C19H20BF2N3. The first kappa shape index (κ1) is 17.3. The van der Waals surface area contributed by atoms with E-state index in [1.807, 2.05) is 39.0 Å². The van der Waals surface area contributed by atoms with Crippen LogP contribution in [0.3, 0.4) is 0 Å². The summed E-state index contributed by atoms with van der Waals surface area (Å²) in [6.45, 7) is 7.48. The Hall–Kier alpha value is -2.50. The van der Waals surface area contributed by atoms with E-state index in [0.717, 1.165) is 38.2 Å². The van der Waals surface area contributed by atoms with Crippen molar-refractivity contribution in [1.29, 1.82) is 0 Å². The first-order valence-electron chi connectivity index (χ1n) is 8.21. The van der Waals surface area contributed by atoms with Crippen molar-refractivity contribution in [1.82, 2.24) is 9.46 Å². The Balaban J connectivity index is 2.24. The lowest BCUT2D eigenvalue weighted by atomic mass is 9.95. The maximum Gasteiger partial charge on any atom is 0.677 e. The van der Waals surface area contributed by atoms with Gasteiger partial charge in [-0.05, 0) is 68.7 Å². The number of rotatable bonds is 4. The lowest BCUT2D eigenvalue weighted by Crippen LogP contribution is -2.18. The standard InChI is InChI=1S/C19H20BF2N3/c1-12-9-14(3)24-18(12)17(11-16-5-7-23-8-6-16)19-13(2)10-15(4)25(19)20(21)22/h5-10H,11H2,1-4H3/b18-17+. The van der Waals surface area contributed by atoms with Crippen molar-refractivity contribution in [2.24, 2.45) is 4.99 Å². The molecule has 0 aromatic carbocycles. The normalized spacial score (nSPS) is 15.9. The molecule has 128 valence electrons. The van der Waals surface area contributed by atoms with E-state index in [-0.39, 0.29) is 0 Å². The molecule has 0 atom stereocenters. The Morgan fingerprint density at radius 3 is 2.36 bits per heavy atom. The van der Waals surface area contributed by atoms with Gasteiger partial charge in [-0.25, -0.2) is 0 Å². The van der Waals surface area contributed by atoms with E-state index in [9.17, 15) is 8.63 Å². The number of aryl methyl sites for hydroxylation is 2. The zero-order valence-electron chi connectivity index (χ0n) is 14.8. The monoisotopic (exact) mass is 339 g/mol. The first-order valence-corrected chi connectivity index (χ1v) is 8.21. The van der Waals surface area contributed by atoms with E-state index in [4.69, 9.17) is 0 Å². The fourth-order valence-electron chi connectivity index (χ4n) is 3.42. The molecule has 0 fully saturated rings. The van der Waals surface area contributed by atoms with Crippen molar-refractivity contribution in [2.75, 3.05) is 0 Å².